The third kappa shape index (κ3) is 1.91. The van der Waals surface area contributed by atoms with E-state index in [0.29, 0.717) is 5.88 Å². The Morgan fingerprint density at radius 1 is 1.20 bits per heavy atom. The lowest BCUT2D eigenvalue weighted by Gasteiger charge is -2.07. The first-order chi connectivity index (χ1) is 7.31. The maximum Gasteiger partial charge on any atom is 0.221 e. The van der Waals surface area contributed by atoms with Gasteiger partial charge < -0.3 is 10.5 Å². The molecule has 0 aliphatic heterocycles. The Labute approximate surface area is 88.5 Å². The monoisotopic (exact) mass is 200 g/mol. The molecule has 1 aromatic carbocycles. The number of hydrogen-bond donors (Lipinski definition) is 1. The highest BCUT2D eigenvalue weighted by molar-refractivity contribution is 5.71. The van der Waals surface area contributed by atoms with Gasteiger partial charge in [0.1, 0.15) is 0 Å². The summed E-state index contributed by atoms with van der Waals surface area (Å²) < 4.78 is 5.19. The number of nitrogen functional groups attached to an aromatic ring is 1. The van der Waals surface area contributed by atoms with Crippen molar-refractivity contribution in [2.75, 3.05) is 12.8 Å². The summed E-state index contributed by atoms with van der Waals surface area (Å²) in [5, 5.41) is 0. The fourth-order valence-electron chi connectivity index (χ4n) is 1.48. The van der Waals surface area contributed by atoms with Crippen molar-refractivity contribution in [3.63, 3.8) is 0 Å². The Morgan fingerprint density at radius 3 is 2.80 bits per heavy atom. The fourth-order valence-corrected chi connectivity index (χ4v) is 1.48. The van der Waals surface area contributed by atoms with Crippen LogP contribution in [0.15, 0.2) is 42.6 Å². The Morgan fingerprint density at radius 2 is 2.07 bits per heavy atom. The molecule has 1 heterocycles. The van der Waals surface area contributed by atoms with E-state index in [1.165, 1.54) is 0 Å². The second kappa shape index (κ2) is 4.00. The summed E-state index contributed by atoms with van der Waals surface area (Å²) in [6, 6.07) is 11.5. The first-order valence-corrected chi connectivity index (χ1v) is 4.66. The molecule has 2 aromatic rings. The minimum absolute atomic E-state index is 0.614. The van der Waals surface area contributed by atoms with Gasteiger partial charge >= 0.3 is 0 Å². The van der Waals surface area contributed by atoms with E-state index in [2.05, 4.69) is 4.98 Å². The minimum Gasteiger partial charge on any atom is -0.481 e. The molecule has 0 saturated heterocycles. The molecule has 0 aliphatic rings. The molecule has 0 unspecified atom stereocenters. The molecule has 3 heteroatoms. The third-order valence-electron chi connectivity index (χ3n) is 2.16. The van der Waals surface area contributed by atoms with Crippen LogP contribution in [0.3, 0.4) is 0 Å². The maximum atomic E-state index is 5.73. The number of anilines is 1. The topological polar surface area (TPSA) is 48.1 Å². The van der Waals surface area contributed by atoms with Crippen LogP contribution in [0.25, 0.3) is 11.1 Å². The van der Waals surface area contributed by atoms with Crippen LogP contribution in [-0.4, -0.2) is 12.1 Å². The van der Waals surface area contributed by atoms with E-state index in [1.807, 2.05) is 36.4 Å². The smallest absolute Gasteiger partial charge is 0.221 e. The van der Waals surface area contributed by atoms with E-state index in [9.17, 15) is 0 Å². The van der Waals surface area contributed by atoms with Crippen LogP contribution in [0.4, 0.5) is 5.69 Å². The van der Waals surface area contributed by atoms with Gasteiger partial charge in [-0.2, -0.15) is 0 Å². The molecule has 2 rings (SSSR count). The predicted octanol–water partition coefficient (Wildman–Crippen LogP) is 2.34. The average Bonchev–Trinajstić information content (AvgIpc) is 2.29. The van der Waals surface area contributed by atoms with Gasteiger partial charge in [0.15, 0.2) is 0 Å². The predicted molar refractivity (Wildman–Crippen MR) is 60.6 cm³/mol. The van der Waals surface area contributed by atoms with Crippen LogP contribution in [0.5, 0.6) is 5.88 Å². The molecule has 1 aromatic heterocycles. The van der Waals surface area contributed by atoms with E-state index in [-0.39, 0.29) is 0 Å². The molecule has 3 nitrogen and oxygen atoms in total. The van der Waals surface area contributed by atoms with Crippen molar-refractivity contribution < 1.29 is 4.74 Å². The Bertz CT molecular complexity index is 469. The summed E-state index contributed by atoms with van der Waals surface area (Å²) >= 11 is 0. The number of hydrogen-bond acceptors (Lipinski definition) is 3. The van der Waals surface area contributed by atoms with Gasteiger partial charge in [0.25, 0.3) is 0 Å². The van der Waals surface area contributed by atoms with Crippen LogP contribution in [0.2, 0.25) is 0 Å². The molecule has 0 amide bonds. The molecule has 0 atom stereocenters. The van der Waals surface area contributed by atoms with Crippen molar-refractivity contribution in [2.45, 2.75) is 0 Å². The van der Waals surface area contributed by atoms with Crippen LogP contribution >= 0.6 is 0 Å². The summed E-state index contributed by atoms with van der Waals surface area (Å²) in [5.41, 5.74) is 8.43. The van der Waals surface area contributed by atoms with Crippen molar-refractivity contribution in [2.24, 2.45) is 0 Å². The normalized spacial score (nSPS) is 9.93. The van der Waals surface area contributed by atoms with Gasteiger partial charge in [0.05, 0.1) is 7.11 Å². The van der Waals surface area contributed by atoms with Crippen molar-refractivity contribution in [1.29, 1.82) is 0 Å². The number of benzene rings is 1. The molecule has 76 valence electrons. The lowest BCUT2D eigenvalue weighted by molar-refractivity contribution is 0.399. The van der Waals surface area contributed by atoms with Gasteiger partial charge in [-0.3, -0.25) is 0 Å². The van der Waals surface area contributed by atoms with Gasteiger partial charge in [0, 0.05) is 17.4 Å². The van der Waals surface area contributed by atoms with E-state index < -0.39 is 0 Å². The van der Waals surface area contributed by atoms with Crippen molar-refractivity contribution in [1.82, 2.24) is 4.98 Å². The van der Waals surface area contributed by atoms with Crippen LogP contribution < -0.4 is 10.5 Å². The van der Waals surface area contributed by atoms with Crippen molar-refractivity contribution in [3.8, 4) is 17.0 Å². The second-order valence-corrected chi connectivity index (χ2v) is 3.19. The lowest BCUT2D eigenvalue weighted by Crippen LogP contribution is -1.91. The van der Waals surface area contributed by atoms with E-state index in [0.717, 1.165) is 16.8 Å². The molecule has 0 fully saturated rings. The van der Waals surface area contributed by atoms with Gasteiger partial charge in [-0.1, -0.05) is 12.1 Å². The SMILES string of the molecule is COc1ncccc1-c1cccc(N)c1. The number of rotatable bonds is 2. The third-order valence-corrected chi connectivity index (χ3v) is 2.16. The molecule has 0 saturated carbocycles. The summed E-state index contributed by atoms with van der Waals surface area (Å²) in [6.45, 7) is 0. The number of ether oxygens (including phenoxy) is 1. The molecule has 0 radical (unpaired) electrons. The van der Waals surface area contributed by atoms with Gasteiger partial charge in [0.2, 0.25) is 5.88 Å². The zero-order chi connectivity index (χ0) is 10.7. The van der Waals surface area contributed by atoms with Gasteiger partial charge in [-0.25, -0.2) is 4.98 Å². The van der Waals surface area contributed by atoms with Crippen molar-refractivity contribution in [3.05, 3.63) is 42.6 Å². The maximum absolute atomic E-state index is 5.73. The molecular formula is C12H12N2O. The van der Waals surface area contributed by atoms with Crippen LogP contribution in [-0.2, 0) is 0 Å². The lowest BCUT2D eigenvalue weighted by atomic mass is 10.1. The Balaban J connectivity index is 2.53. The molecule has 0 spiro atoms. The fraction of sp³-hybridized carbons (Fsp3) is 0.0833. The standard InChI is InChI=1S/C12H12N2O/c1-15-12-11(6-3-7-14-12)9-4-2-5-10(13)8-9/h2-8H,13H2,1H3. The summed E-state index contributed by atoms with van der Waals surface area (Å²) in [4.78, 5) is 4.14. The highest BCUT2D eigenvalue weighted by Crippen LogP contribution is 2.28. The highest BCUT2D eigenvalue weighted by Gasteiger charge is 2.05. The average molecular weight is 200 g/mol. The molecule has 15 heavy (non-hydrogen) atoms. The highest BCUT2D eigenvalue weighted by atomic mass is 16.5. The van der Waals surface area contributed by atoms with Gasteiger partial charge in [-0.05, 0) is 29.8 Å². The van der Waals surface area contributed by atoms with Crippen LogP contribution in [0.1, 0.15) is 0 Å². The van der Waals surface area contributed by atoms with E-state index in [1.54, 1.807) is 13.3 Å². The summed E-state index contributed by atoms with van der Waals surface area (Å²) in [7, 11) is 1.61. The molecule has 2 N–H and O–H groups in total. The first-order valence-electron chi connectivity index (χ1n) is 4.66. The Kier molecular flexibility index (Phi) is 2.54. The largest absolute Gasteiger partial charge is 0.481 e. The number of methoxy groups -OCH3 is 1. The van der Waals surface area contributed by atoms with Gasteiger partial charge in [-0.15, -0.1) is 0 Å². The van der Waals surface area contributed by atoms with Crippen LogP contribution in [0, 0.1) is 0 Å². The second-order valence-electron chi connectivity index (χ2n) is 3.19. The zero-order valence-electron chi connectivity index (χ0n) is 8.47. The molecule has 0 bridgehead atoms. The first kappa shape index (κ1) is 9.52. The van der Waals surface area contributed by atoms with Crippen molar-refractivity contribution >= 4 is 5.69 Å². The zero-order valence-corrected chi connectivity index (χ0v) is 8.47. The molecular weight excluding hydrogens is 188 g/mol. The molecule has 0 aliphatic carbocycles. The quantitative estimate of drug-likeness (QED) is 0.757. The van der Waals surface area contributed by atoms with E-state index >= 15 is 0 Å². The Hall–Kier alpha value is -2.03. The number of nitrogens with zero attached hydrogens (tertiary/aromatic N) is 1. The number of aromatic nitrogens is 1. The van der Waals surface area contributed by atoms with E-state index in [4.69, 9.17) is 10.5 Å². The summed E-state index contributed by atoms with van der Waals surface area (Å²) in [5.74, 6) is 0.614. The minimum atomic E-state index is 0.614. The summed E-state index contributed by atoms with van der Waals surface area (Å²) in [6.07, 6.45) is 1.70. The number of nitrogens with two attached hydrogens (primary N) is 1. The number of pyridine rings is 1.